The van der Waals surface area contributed by atoms with Crippen molar-refractivity contribution < 1.29 is 13.2 Å². The van der Waals surface area contributed by atoms with Crippen LogP contribution in [0, 0.1) is 0 Å². The van der Waals surface area contributed by atoms with Gasteiger partial charge in [0, 0.05) is 19.1 Å². The van der Waals surface area contributed by atoms with Gasteiger partial charge in [0.05, 0.1) is 5.75 Å². The number of aromatic nitrogens is 2. The Balaban J connectivity index is 2.38. The van der Waals surface area contributed by atoms with Crippen molar-refractivity contribution in [1.82, 2.24) is 10.2 Å². The second kappa shape index (κ2) is 7.54. The number of anilines is 1. The van der Waals surface area contributed by atoms with Crippen LogP contribution in [0.2, 0.25) is 0 Å². The lowest BCUT2D eigenvalue weighted by Gasteiger charge is -1.99. The Bertz CT molecular complexity index is 511. The first kappa shape index (κ1) is 16.0. The van der Waals surface area contributed by atoms with Crippen molar-refractivity contribution in [2.75, 3.05) is 17.3 Å². The van der Waals surface area contributed by atoms with Crippen molar-refractivity contribution in [3.05, 3.63) is 5.01 Å². The molecule has 0 aliphatic heterocycles. The molecule has 0 fully saturated rings. The molecule has 108 valence electrons. The highest BCUT2D eigenvalue weighted by molar-refractivity contribution is 7.90. The molecule has 1 rings (SSSR count). The van der Waals surface area contributed by atoms with Crippen molar-refractivity contribution in [2.24, 2.45) is 0 Å². The normalized spacial score (nSPS) is 11.5. The van der Waals surface area contributed by atoms with Gasteiger partial charge in [0.15, 0.2) is 0 Å². The van der Waals surface area contributed by atoms with E-state index >= 15 is 0 Å². The molecule has 1 heterocycles. The maximum atomic E-state index is 11.5. The van der Waals surface area contributed by atoms with Crippen molar-refractivity contribution in [2.45, 2.75) is 39.0 Å². The Morgan fingerprint density at radius 3 is 2.68 bits per heavy atom. The molecule has 1 aromatic rings. The van der Waals surface area contributed by atoms with E-state index in [-0.39, 0.29) is 18.1 Å². The summed E-state index contributed by atoms with van der Waals surface area (Å²) in [7, 11) is -3.11. The monoisotopic (exact) mass is 305 g/mol. The van der Waals surface area contributed by atoms with Gasteiger partial charge in [-0.3, -0.25) is 4.79 Å². The second-order valence-electron chi connectivity index (χ2n) is 4.39. The number of aryl methyl sites for hydroxylation is 1. The van der Waals surface area contributed by atoms with E-state index in [1.807, 2.05) is 0 Å². The summed E-state index contributed by atoms with van der Waals surface area (Å²) in [6.07, 6.45) is 5.28. The van der Waals surface area contributed by atoms with Gasteiger partial charge in [-0.25, -0.2) is 8.42 Å². The van der Waals surface area contributed by atoms with E-state index in [1.165, 1.54) is 11.3 Å². The van der Waals surface area contributed by atoms with Crippen LogP contribution in [-0.2, 0) is 21.1 Å². The highest BCUT2D eigenvalue weighted by Crippen LogP contribution is 2.17. The number of hydrogen-bond acceptors (Lipinski definition) is 6. The summed E-state index contributed by atoms with van der Waals surface area (Å²) < 4.78 is 21.9. The number of sulfone groups is 1. The minimum atomic E-state index is -3.11. The van der Waals surface area contributed by atoms with Crippen LogP contribution in [0.4, 0.5) is 5.13 Å². The molecule has 1 aromatic heterocycles. The van der Waals surface area contributed by atoms with E-state index in [0.29, 0.717) is 5.13 Å². The van der Waals surface area contributed by atoms with Crippen LogP contribution in [0.5, 0.6) is 0 Å². The predicted octanol–water partition coefficient (Wildman–Crippen LogP) is 1.64. The average molecular weight is 305 g/mol. The van der Waals surface area contributed by atoms with Crippen LogP contribution < -0.4 is 5.32 Å². The van der Waals surface area contributed by atoms with E-state index in [0.717, 1.165) is 36.9 Å². The largest absolute Gasteiger partial charge is 0.301 e. The molecule has 0 atom stereocenters. The molecule has 8 heteroatoms. The molecule has 0 unspecified atom stereocenters. The molecular weight excluding hydrogens is 286 g/mol. The van der Waals surface area contributed by atoms with Gasteiger partial charge in [-0.2, -0.15) is 0 Å². The Morgan fingerprint density at radius 1 is 1.32 bits per heavy atom. The number of hydrogen-bond donors (Lipinski definition) is 1. The molecule has 0 saturated carbocycles. The Morgan fingerprint density at radius 2 is 2.05 bits per heavy atom. The highest BCUT2D eigenvalue weighted by atomic mass is 32.2. The minimum absolute atomic E-state index is 0.0520. The summed E-state index contributed by atoms with van der Waals surface area (Å²) in [6.45, 7) is 2.13. The predicted molar refractivity (Wildman–Crippen MR) is 76.1 cm³/mol. The maximum absolute atomic E-state index is 11.5. The zero-order chi connectivity index (χ0) is 14.3. The molecule has 0 aliphatic carbocycles. The van der Waals surface area contributed by atoms with E-state index in [9.17, 15) is 13.2 Å². The molecule has 0 spiro atoms. The molecule has 0 aliphatic rings. The Labute approximate surface area is 117 Å². The SMILES string of the molecule is CCCCCc1nnc(NC(=O)CCS(C)(=O)=O)s1. The van der Waals surface area contributed by atoms with Gasteiger partial charge in [-0.15, -0.1) is 10.2 Å². The fraction of sp³-hybridized carbons (Fsp3) is 0.727. The fourth-order valence-corrected chi connectivity index (χ4v) is 2.75. The Kier molecular flexibility index (Phi) is 6.36. The standard InChI is InChI=1S/C11H19N3O3S2/c1-3-4-5-6-10-13-14-11(18-10)12-9(15)7-8-19(2,16)17/h3-8H2,1-2H3,(H,12,14,15). The van der Waals surface area contributed by atoms with Crippen LogP contribution in [-0.4, -0.2) is 36.5 Å². The Hall–Kier alpha value is -1.02. The van der Waals surface area contributed by atoms with Crippen LogP contribution in [0.1, 0.15) is 37.6 Å². The molecule has 19 heavy (non-hydrogen) atoms. The summed E-state index contributed by atoms with van der Waals surface area (Å²) in [5, 5.41) is 11.7. The summed E-state index contributed by atoms with van der Waals surface area (Å²) in [6, 6.07) is 0. The minimum Gasteiger partial charge on any atom is -0.301 e. The van der Waals surface area contributed by atoms with Gasteiger partial charge in [-0.1, -0.05) is 31.1 Å². The molecular formula is C11H19N3O3S2. The summed E-state index contributed by atoms with van der Waals surface area (Å²) >= 11 is 1.34. The van der Waals surface area contributed by atoms with Gasteiger partial charge in [0.2, 0.25) is 11.0 Å². The zero-order valence-electron chi connectivity index (χ0n) is 11.2. The first-order valence-electron chi connectivity index (χ1n) is 6.20. The van der Waals surface area contributed by atoms with Crippen molar-refractivity contribution in [3.63, 3.8) is 0 Å². The van der Waals surface area contributed by atoms with Gasteiger partial charge >= 0.3 is 0 Å². The third-order valence-electron chi connectivity index (χ3n) is 2.41. The lowest BCUT2D eigenvalue weighted by molar-refractivity contribution is -0.115. The number of unbranched alkanes of at least 4 members (excludes halogenated alkanes) is 2. The summed E-state index contributed by atoms with van der Waals surface area (Å²) in [5.41, 5.74) is 0. The number of nitrogens with zero attached hydrogens (tertiary/aromatic N) is 2. The van der Waals surface area contributed by atoms with Gasteiger partial charge in [0.25, 0.3) is 0 Å². The number of amides is 1. The molecule has 1 N–H and O–H groups in total. The van der Waals surface area contributed by atoms with E-state index in [4.69, 9.17) is 0 Å². The summed E-state index contributed by atoms with van der Waals surface area (Å²) in [4.78, 5) is 11.5. The number of rotatable bonds is 8. The van der Waals surface area contributed by atoms with Crippen LogP contribution in [0.3, 0.4) is 0 Å². The lowest BCUT2D eigenvalue weighted by atomic mass is 10.2. The third-order valence-corrected chi connectivity index (χ3v) is 4.25. The van der Waals surface area contributed by atoms with Gasteiger partial charge in [0.1, 0.15) is 14.8 Å². The smallest absolute Gasteiger partial charge is 0.227 e. The zero-order valence-corrected chi connectivity index (χ0v) is 12.8. The molecule has 6 nitrogen and oxygen atoms in total. The molecule has 0 radical (unpaired) electrons. The lowest BCUT2D eigenvalue weighted by Crippen LogP contribution is -2.16. The van der Waals surface area contributed by atoms with Gasteiger partial charge < -0.3 is 5.32 Å². The maximum Gasteiger partial charge on any atom is 0.227 e. The van der Waals surface area contributed by atoms with Crippen molar-refractivity contribution in [1.29, 1.82) is 0 Å². The number of carbonyl (C=O) groups excluding carboxylic acids is 1. The fourth-order valence-electron chi connectivity index (χ4n) is 1.39. The third kappa shape index (κ3) is 7.22. The number of carbonyl (C=O) groups is 1. The number of nitrogens with one attached hydrogen (secondary N) is 1. The van der Waals surface area contributed by atoms with Gasteiger partial charge in [-0.05, 0) is 6.42 Å². The van der Waals surface area contributed by atoms with Crippen LogP contribution in [0.25, 0.3) is 0 Å². The second-order valence-corrected chi connectivity index (χ2v) is 7.71. The molecule has 0 aromatic carbocycles. The topological polar surface area (TPSA) is 89.0 Å². The van der Waals surface area contributed by atoms with E-state index in [1.54, 1.807) is 0 Å². The first-order chi connectivity index (χ1) is 8.90. The molecule has 0 saturated heterocycles. The van der Waals surface area contributed by atoms with E-state index < -0.39 is 9.84 Å². The quantitative estimate of drug-likeness (QED) is 0.738. The first-order valence-corrected chi connectivity index (χ1v) is 9.08. The van der Waals surface area contributed by atoms with E-state index in [2.05, 4.69) is 22.4 Å². The molecule has 0 bridgehead atoms. The average Bonchev–Trinajstić information content (AvgIpc) is 2.74. The highest BCUT2D eigenvalue weighted by Gasteiger charge is 2.11. The van der Waals surface area contributed by atoms with Crippen LogP contribution >= 0.6 is 11.3 Å². The van der Waals surface area contributed by atoms with Crippen molar-refractivity contribution >= 4 is 32.2 Å². The molecule has 1 amide bonds. The van der Waals surface area contributed by atoms with Crippen molar-refractivity contribution in [3.8, 4) is 0 Å². The summed E-state index contributed by atoms with van der Waals surface area (Å²) in [5.74, 6) is -0.497. The van der Waals surface area contributed by atoms with Crippen LogP contribution in [0.15, 0.2) is 0 Å².